The van der Waals surface area contributed by atoms with E-state index in [0.29, 0.717) is 12.2 Å². The summed E-state index contributed by atoms with van der Waals surface area (Å²) >= 11 is 0. The van der Waals surface area contributed by atoms with Gasteiger partial charge in [-0.25, -0.2) is 4.39 Å². The van der Waals surface area contributed by atoms with E-state index in [0.717, 1.165) is 35.2 Å². The van der Waals surface area contributed by atoms with E-state index >= 15 is 0 Å². The summed E-state index contributed by atoms with van der Waals surface area (Å²) in [4.78, 5) is 0. The number of nitriles is 1. The molecule has 1 heterocycles. The molecule has 1 aliphatic carbocycles. The molecular weight excluding hydrogens is 301 g/mol. The second-order valence-electron chi connectivity index (χ2n) is 6.19. The number of benzene rings is 2. The Kier molecular flexibility index (Phi) is 3.62. The van der Waals surface area contributed by atoms with Crippen LogP contribution in [0.4, 0.5) is 4.39 Å². The quantitative estimate of drug-likeness (QED) is 0.737. The lowest BCUT2D eigenvalue weighted by Crippen LogP contribution is -2.08. The molecule has 2 aromatic carbocycles. The van der Waals surface area contributed by atoms with Crippen molar-refractivity contribution in [3.8, 4) is 6.07 Å². The van der Waals surface area contributed by atoms with Crippen LogP contribution in [0.25, 0.3) is 0 Å². The zero-order chi connectivity index (χ0) is 16.5. The summed E-state index contributed by atoms with van der Waals surface area (Å²) in [7, 11) is 0. The Labute approximate surface area is 140 Å². The van der Waals surface area contributed by atoms with Gasteiger partial charge in [-0.15, -0.1) is 0 Å². The molecule has 3 aromatic rings. The number of rotatable bonds is 3. The fourth-order valence-corrected chi connectivity index (χ4v) is 3.48. The second kappa shape index (κ2) is 5.93. The van der Waals surface area contributed by atoms with Crippen molar-refractivity contribution in [2.24, 2.45) is 0 Å². The molecule has 0 aliphatic heterocycles. The molecule has 1 unspecified atom stereocenters. The molecule has 3 nitrogen and oxygen atoms in total. The van der Waals surface area contributed by atoms with Gasteiger partial charge in [0.05, 0.1) is 6.54 Å². The minimum atomic E-state index is -0.220. The number of fused-ring (bicyclic) bond motifs is 1. The third kappa shape index (κ3) is 2.59. The standard InChI is InChI=1S/C20H16FN3/c21-17-8-6-15(7-9-17)16-10-18-19(12-22)23-24(20(18)11-16)13-14-4-2-1-3-5-14/h1-9,16H,10-11,13H2. The molecule has 4 heteroatoms. The maximum absolute atomic E-state index is 13.1. The van der Waals surface area contributed by atoms with Crippen molar-refractivity contribution in [2.45, 2.75) is 25.3 Å². The van der Waals surface area contributed by atoms with Gasteiger partial charge in [-0.05, 0) is 42.0 Å². The smallest absolute Gasteiger partial charge is 0.165 e. The molecule has 0 radical (unpaired) electrons. The van der Waals surface area contributed by atoms with Crippen LogP contribution in [0.15, 0.2) is 54.6 Å². The normalized spacial score (nSPS) is 15.9. The fourth-order valence-electron chi connectivity index (χ4n) is 3.48. The summed E-state index contributed by atoms with van der Waals surface area (Å²) in [5.41, 5.74) is 4.97. The van der Waals surface area contributed by atoms with Gasteiger partial charge in [0.25, 0.3) is 0 Å². The number of hydrogen-bond donors (Lipinski definition) is 0. The van der Waals surface area contributed by atoms with Gasteiger partial charge in [0.1, 0.15) is 11.9 Å². The first-order valence-corrected chi connectivity index (χ1v) is 8.02. The summed E-state index contributed by atoms with van der Waals surface area (Å²) in [6.45, 7) is 0.668. The Morgan fingerprint density at radius 1 is 1.08 bits per heavy atom. The molecule has 0 spiro atoms. The highest BCUT2D eigenvalue weighted by molar-refractivity contribution is 5.42. The topological polar surface area (TPSA) is 41.6 Å². The van der Waals surface area contributed by atoms with Gasteiger partial charge in [-0.2, -0.15) is 10.4 Å². The molecule has 0 fully saturated rings. The van der Waals surface area contributed by atoms with Crippen molar-refractivity contribution in [1.82, 2.24) is 9.78 Å². The number of halogens is 1. The Bertz CT molecular complexity index is 905. The predicted octanol–water partition coefficient (Wildman–Crippen LogP) is 3.82. The zero-order valence-corrected chi connectivity index (χ0v) is 13.1. The largest absolute Gasteiger partial charge is 0.264 e. The third-order valence-corrected chi connectivity index (χ3v) is 4.68. The third-order valence-electron chi connectivity index (χ3n) is 4.68. The monoisotopic (exact) mass is 317 g/mol. The molecule has 0 saturated heterocycles. The zero-order valence-electron chi connectivity index (χ0n) is 13.1. The summed E-state index contributed by atoms with van der Waals surface area (Å²) in [6, 6.07) is 19.0. The number of aromatic nitrogens is 2. The molecule has 4 rings (SSSR count). The van der Waals surface area contributed by atoms with Crippen molar-refractivity contribution in [3.05, 3.63) is 88.5 Å². The van der Waals surface area contributed by atoms with Crippen molar-refractivity contribution < 1.29 is 4.39 Å². The van der Waals surface area contributed by atoms with E-state index in [4.69, 9.17) is 0 Å². The van der Waals surface area contributed by atoms with Crippen molar-refractivity contribution >= 4 is 0 Å². The highest BCUT2D eigenvalue weighted by Gasteiger charge is 2.30. The molecular formula is C20H16FN3. The van der Waals surface area contributed by atoms with E-state index in [1.807, 2.05) is 35.0 Å². The highest BCUT2D eigenvalue weighted by atomic mass is 19.1. The molecule has 1 aliphatic rings. The SMILES string of the molecule is N#Cc1nn(Cc2ccccc2)c2c1CC(c1ccc(F)cc1)C2. The van der Waals surface area contributed by atoms with Gasteiger partial charge in [0.15, 0.2) is 5.69 Å². The Morgan fingerprint density at radius 3 is 2.54 bits per heavy atom. The summed E-state index contributed by atoms with van der Waals surface area (Å²) in [5.74, 6) is 0.0648. The average molecular weight is 317 g/mol. The number of nitrogens with zero attached hydrogens (tertiary/aromatic N) is 3. The van der Waals surface area contributed by atoms with Crippen LogP contribution < -0.4 is 0 Å². The van der Waals surface area contributed by atoms with Crippen LogP contribution in [0, 0.1) is 17.1 Å². The lowest BCUT2D eigenvalue weighted by Gasteiger charge is -2.11. The highest BCUT2D eigenvalue weighted by Crippen LogP contribution is 2.36. The van der Waals surface area contributed by atoms with Crippen LogP contribution in [0.3, 0.4) is 0 Å². The van der Waals surface area contributed by atoms with Gasteiger partial charge >= 0.3 is 0 Å². The summed E-state index contributed by atoms with van der Waals surface area (Å²) in [5, 5.41) is 13.9. The van der Waals surface area contributed by atoms with E-state index in [9.17, 15) is 9.65 Å². The van der Waals surface area contributed by atoms with Crippen LogP contribution in [0.5, 0.6) is 0 Å². The second-order valence-corrected chi connectivity index (χ2v) is 6.19. The van der Waals surface area contributed by atoms with Gasteiger partial charge in [-0.3, -0.25) is 4.68 Å². The average Bonchev–Trinajstić information content (AvgIpc) is 3.17. The Hall–Kier alpha value is -2.93. The van der Waals surface area contributed by atoms with Crippen molar-refractivity contribution in [2.75, 3.05) is 0 Å². The van der Waals surface area contributed by atoms with E-state index in [2.05, 4.69) is 23.3 Å². The molecule has 0 amide bonds. The molecule has 0 N–H and O–H groups in total. The van der Waals surface area contributed by atoms with Crippen LogP contribution in [0.1, 0.15) is 34.0 Å². The maximum atomic E-state index is 13.1. The van der Waals surface area contributed by atoms with Gasteiger partial charge in [-0.1, -0.05) is 42.5 Å². The van der Waals surface area contributed by atoms with Gasteiger partial charge in [0.2, 0.25) is 0 Å². The van der Waals surface area contributed by atoms with Crippen molar-refractivity contribution in [3.63, 3.8) is 0 Å². The Morgan fingerprint density at radius 2 is 1.83 bits per heavy atom. The van der Waals surface area contributed by atoms with E-state index in [1.54, 1.807) is 0 Å². The van der Waals surface area contributed by atoms with Gasteiger partial charge in [0, 0.05) is 11.3 Å². The minimum absolute atomic E-state index is 0.220. The minimum Gasteiger partial charge on any atom is -0.264 e. The molecule has 118 valence electrons. The molecule has 0 bridgehead atoms. The molecule has 24 heavy (non-hydrogen) atoms. The van der Waals surface area contributed by atoms with Crippen LogP contribution in [0.2, 0.25) is 0 Å². The maximum Gasteiger partial charge on any atom is 0.165 e. The van der Waals surface area contributed by atoms with Crippen molar-refractivity contribution in [1.29, 1.82) is 5.26 Å². The molecule has 0 saturated carbocycles. The first-order chi connectivity index (χ1) is 11.7. The predicted molar refractivity (Wildman–Crippen MR) is 89.0 cm³/mol. The van der Waals surface area contributed by atoms with E-state index in [1.165, 1.54) is 12.1 Å². The first-order valence-electron chi connectivity index (χ1n) is 8.02. The lowest BCUT2D eigenvalue weighted by molar-refractivity contribution is 0.613. The van der Waals surface area contributed by atoms with Crippen LogP contribution in [-0.4, -0.2) is 9.78 Å². The summed E-state index contributed by atoms with van der Waals surface area (Å²) < 4.78 is 15.1. The fraction of sp³-hybridized carbons (Fsp3) is 0.200. The van der Waals surface area contributed by atoms with Crippen LogP contribution >= 0.6 is 0 Å². The molecule has 1 atom stereocenters. The molecule has 1 aromatic heterocycles. The Balaban J connectivity index is 1.65. The van der Waals surface area contributed by atoms with E-state index in [-0.39, 0.29) is 11.7 Å². The van der Waals surface area contributed by atoms with E-state index < -0.39 is 0 Å². The first kappa shape index (κ1) is 14.6. The summed E-state index contributed by atoms with van der Waals surface area (Å²) in [6.07, 6.45) is 1.63. The van der Waals surface area contributed by atoms with Crippen LogP contribution in [-0.2, 0) is 19.4 Å². The van der Waals surface area contributed by atoms with Gasteiger partial charge < -0.3 is 0 Å². The lowest BCUT2D eigenvalue weighted by atomic mass is 9.96. The number of hydrogen-bond acceptors (Lipinski definition) is 2.